The van der Waals surface area contributed by atoms with Crippen molar-refractivity contribution in [3.63, 3.8) is 0 Å². The molecule has 0 aliphatic carbocycles. The van der Waals surface area contributed by atoms with E-state index in [1.807, 2.05) is 0 Å². The molecular formula is C21H40N2O2. The first-order valence-corrected chi connectivity index (χ1v) is 10.7. The first-order valence-electron chi connectivity index (χ1n) is 10.7. The average Bonchev–Trinajstić information content (AvgIpc) is 2.86. The summed E-state index contributed by atoms with van der Waals surface area (Å²) in [6.07, 6.45) is 13.7. The van der Waals surface area contributed by atoms with Gasteiger partial charge in [-0.15, -0.1) is 0 Å². The number of nitrogens with zero attached hydrogens (tertiary/aromatic N) is 1. The zero-order chi connectivity index (χ0) is 18.5. The van der Waals surface area contributed by atoms with Crippen molar-refractivity contribution < 1.29 is 9.59 Å². The van der Waals surface area contributed by atoms with Crippen LogP contribution in [0.4, 0.5) is 0 Å². The van der Waals surface area contributed by atoms with Gasteiger partial charge in [-0.25, -0.2) is 0 Å². The summed E-state index contributed by atoms with van der Waals surface area (Å²) in [6.45, 7) is 8.11. The van der Waals surface area contributed by atoms with Crippen LogP contribution in [0.5, 0.6) is 0 Å². The normalized spacial score (nSPS) is 19.0. The van der Waals surface area contributed by atoms with Gasteiger partial charge in [0.05, 0.1) is 12.5 Å². The molecule has 0 aromatic rings. The number of rotatable bonds is 15. The van der Waals surface area contributed by atoms with Gasteiger partial charge in [0.2, 0.25) is 11.8 Å². The molecule has 1 rings (SSSR count). The minimum atomic E-state index is -0.279. The maximum absolute atomic E-state index is 12.4. The summed E-state index contributed by atoms with van der Waals surface area (Å²) in [5.41, 5.74) is 0. The first kappa shape index (κ1) is 22.1. The lowest BCUT2D eigenvalue weighted by Crippen LogP contribution is -2.39. The van der Waals surface area contributed by atoms with E-state index in [0.717, 1.165) is 19.4 Å². The number of carbonyl (C=O) groups is 2. The summed E-state index contributed by atoms with van der Waals surface area (Å²) in [7, 11) is 0. The molecule has 1 fully saturated rings. The number of hydrogen-bond donors (Lipinski definition) is 1. The van der Waals surface area contributed by atoms with Crippen molar-refractivity contribution >= 4 is 11.8 Å². The molecule has 2 atom stereocenters. The molecule has 25 heavy (non-hydrogen) atoms. The Bertz CT molecular complexity index is 384. The van der Waals surface area contributed by atoms with Crippen molar-refractivity contribution in [1.29, 1.82) is 0 Å². The van der Waals surface area contributed by atoms with Crippen LogP contribution in [-0.4, -0.2) is 35.8 Å². The highest BCUT2D eigenvalue weighted by atomic mass is 16.2. The molecule has 4 heteroatoms. The van der Waals surface area contributed by atoms with E-state index in [1.165, 1.54) is 62.7 Å². The second-order valence-corrected chi connectivity index (χ2v) is 7.75. The largest absolute Gasteiger partial charge is 0.305 e. The van der Waals surface area contributed by atoms with Crippen molar-refractivity contribution in [2.75, 3.05) is 13.1 Å². The van der Waals surface area contributed by atoms with Crippen molar-refractivity contribution in [3.8, 4) is 0 Å². The van der Waals surface area contributed by atoms with Crippen molar-refractivity contribution in [1.82, 2.24) is 10.2 Å². The highest BCUT2D eigenvalue weighted by molar-refractivity contribution is 6.05. The summed E-state index contributed by atoms with van der Waals surface area (Å²) in [4.78, 5) is 26.1. The van der Waals surface area contributed by atoms with Gasteiger partial charge in [-0.05, 0) is 25.3 Å². The quantitative estimate of drug-likeness (QED) is 0.344. The maximum atomic E-state index is 12.4. The lowest BCUT2D eigenvalue weighted by molar-refractivity contribution is -0.139. The summed E-state index contributed by atoms with van der Waals surface area (Å²) < 4.78 is 0. The van der Waals surface area contributed by atoms with Crippen LogP contribution in [0.25, 0.3) is 0 Å². The van der Waals surface area contributed by atoms with Gasteiger partial charge in [-0.3, -0.25) is 14.5 Å². The van der Waals surface area contributed by atoms with E-state index in [1.54, 1.807) is 0 Å². The highest BCUT2D eigenvalue weighted by Gasteiger charge is 2.37. The van der Waals surface area contributed by atoms with Crippen LogP contribution >= 0.6 is 0 Å². The Morgan fingerprint density at radius 1 is 0.960 bits per heavy atom. The van der Waals surface area contributed by atoms with E-state index < -0.39 is 0 Å². The number of carbonyl (C=O) groups excluding carboxylic acids is 2. The average molecular weight is 353 g/mol. The van der Waals surface area contributed by atoms with Gasteiger partial charge in [-0.2, -0.15) is 0 Å². The fourth-order valence-electron chi connectivity index (χ4n) is 3.50. The summed E-state index contributed by atoms with van der Waals surface area (Å²) in [6, 6.07) is -0.279. The molecule has 0 bridgehead atoms. The van der Waals surface area contributed by atoms with E-state index in [2.05, 4.69) is 26.1 Å². The molecule has 1 aliphatic heterocycles. The Hall–Kier alpha value is -0.900. The van der Waals surface area contributed by atoms with Crippen LogP contribution in [0, 0.1) is 5.92 Å². The summed E-state index contributed by atoms with van der Waals surface area (Å²) in [5, 5.41) is 3.30. The molecule has 0 radical (unpaired) electrons. The highest BCUT2D eigenvalue weighted by Crippen LogP contribution is 2.18. The molecule has 2 unspecified atom stereocenters. The zero-order valence-corrected chi connectivity index (χ0v) is 16.8. The maximum Gasteiger partial charge on any atom is 0.246 e. The smallest absolute Gasteiger partial charge is 0.246 e. The van der Waals surface area contributed by atoms with Crippen molar-refractivity contribution in [2.24, 2.45) is 5.92 Å². The second kappa shape index (κ2) is 13.3. The molecule has 1 aliphatic rings. The number of unbranched alkanes of at least 4 members (excludes halogenated alkanes) is 7. The van der Waals surface area contributed by atoms with E-state index >= 15 is 0 Å². The van der Waals surface area contributed by atoms with Crippen LogP contribution in [-0.2, 0) is 9.59 Å². The van der Waals surface area contributed by atoms with Gasteiger partial charge in [0, 0.05) is 6.54 Å². The third-order valence-corrected chi connectivity index (χ3v) is 5.31. The first-order chi connectivity index (χ1) is 12.1. The number of hydrogen-bond acceptors (Lipinski definition) is 3. The molecule has 0 aromatic carbocycles. The molecule has 4 nitrogen and oxygen atoms in total. The van der Waals surface area contributed by atoms with Crippen LogP contribution in [0.3, 0.4) is 0 Å². The van der Waals surface area contributed by atoms with E-state index in [-0.39, 0.29) is 17.9 Å². The molecule has 1 N–H and O–H groups in total. The van der Waals surface area contributed by atoms with Gasteiger partial charge in [0.1, 0.15) is 0 Å². The lowest BCUT2D eigenvalue weighted by Gasteiger charge is -2.18. The Kier molecular flexibility index (Phi) is 11.8. The Balaban J connectivity index is 2.19. The SMILES string of the molecule is CCCCCCCCNC1CC(=O)N(CCC(C)CCCCC)C1=O. The third kappa shape index (κ3) is 8.84. The second-order valence-electron chi connectivity index (χ2n) is 7.75. The minimum Gasteiger partial charge on any atom is -0.305 e. The number of nitrogens with one attached hydrogen (secondary N) is 1. The predicted octanol–water partition coefficient (Wildman–Crippen LogP) is 4.67. The zero-order valence-electron chi connectivity index (χ0n) is 16.8. The molecule has 146 valence electrons. The molecule has 0 spiro atoms. The molecule has 1 saturated heterocycles. The topological polar surface area (TPSA) is 49.4 Å². The Morgan fingerprint density at radius 3 is 2.32 bits per heavy atom. The van der Waals surface area contributed by atoms with E-state index in [9.17, 15) is 9.59 Å². The van der Waals surface area contributed by atoms with Crippen molar-refractivity contribution in [3.05, 3.63) is 0 Å². The molecule has 0 aromatic heterocycles. The summed E-state index contributed by atoms with van der Waals surface area (Å²) >= 11 is 0. The van der Waals surface area contributed by atoms with Crippen molar-refractivity contribution in [2.45, 2.75) is 104 Å². The molecule has 0 saturated carbocycles. The summed E-state index contributed by atoms with van der Waals surface area (Å²) in [5.74, 6) is 0.588. The molecular weight excluding hydrogens is 312 g/mol. The van der Waals surface area contributed by atoms with Gasteiger partial charge in [0.15, 0.2) is 0 Å². The number of amides is 2. The van der Waals surface area contributed by atoms with Crippen LogP contribution in [0.15, 0.2) is 0 Å². The molecule has 1 heterocycles. The van der Waals surface area contributed by atoms with Gasteiger partial charge in [0.25, 0.3) is 0 Å². The molecule has 2 amide bonds. The Morgan fingerprint density at radius 2 is 1.60 bits per heavy atom. The third-order valence-electron chi connectivity index (χ3n) is 5.31. The minimum absolute atomic E-state index is 0.00302. The van der Waals surface area contributed by atoms with E-state index in [4.69, 9.17) is 0 Å². The Labute approximate surface area is 155 Å². The van der Waals surface area contributed by atoms with Crippen LogP contribution < -0.4 is 5.32 Å². The van der Waals surface area contributed by atoms with Gasteiger partial charge < -0.3 is 5.32 Å². The van der Waals surface area contributed by atoms with E-state index in [0.29, 0.717) is 18.9 Å². The fraction of sp³-hybridized carbons (Fsp3) is 0.905. The van der Waals surface area contributed by atoms with Crippen LogP contribution in [0.1, 0.15) is 97.8 Å². The fourth-order valence-corrected chi connectivity index (χ4v) is 3.50. The predicted molar refractivity (Wildman–Crippen MR) is 104 cm³/mol. The van der Waals surface area contributed by atoms with Gasteiger partial charge in [-0.1, -0.05) is 78.6 Å². The number of imide groups is 1. The number of likely N-dealkylation sites (tertiary alicyclic amines) is 1. The standard InChI is InChI=1S/C21H40N2O2/c1-4-6-8-9-10-12-15-22-19-17-20(24)23(21(19)25)16-14-18(3)13-11-7-5-2/h18-19,22H,4-17H2,1-3H3. The van der Waals surface area contributed by atoms with Gasteiger partial charge >= 0.3 is 0 Å². The monoisotopic (exact) mass is 352 g/mol. The lowest BCUT2D eigenvalue weighted by atomic mass is 10.00. The van der Waals surface area contributed by atoms with Crippen LogP contribution in [0.2, 0.25) is 0 Å².